The molecule has 0 bridgehead atoms. The zero-order valence-corrected chi connectivity index (χ0v) is 36.6. The van der Waals surface area contributed by atoms with Crippen LogP contribution in [0.1, 0.15) is 79.0 Å². The quantitative estimate of drug-likeness (QED) is 0.175. The van der Waals surface area contributed by atoms with Gasteiger partial charge in [-0.1, -0.05) is 146 Å². The van der Waals surface area contributed by atoms with Crippen LogP contribution in [0, 0.1) is 6.07 Å². The first-order valence-corrected chi connectivity index (χ1v) is 19.6. The predicted octanol–water partition coefficient (Wildman–Crippen LogP) is 13.6. The molecule has 0 aliphatic carbocycles. The summed E-state index contributed by atoms with van der Waals surface area (Å²) in [6.07, 6.45) is 1.87. The number of phenolic OH excluding ortho intramolecular Hbond substituents is 1. The van der Waals surface area contributed by atoms with Gasteiger partial charge < -0.3 is 5.11 Å². The first kappa shape index (κ1) is 39.9. The largest absolute Gasteiger partial charge is 0.507 e. The fraction of sp³-hybridized carbons (Fsp3) is 0.231. The van der Waals surface area contributed by atoms with E-state index in [4.69, 9.17) is 9.97 Å². The van der Waals surface area contributed by atoms with Gasteiger partial charge in [0.05, 0.1) is 16.6 Å². The van der Waals surface area contributed by atoms with Crippen LogP contribution in [-0.2, 0) is 37.3 Å². The van der Waals surface area contributed by atoms with Crippen LogP contribution < -0.4 is 0 Å². The normalized spacial score (nSPS) is 12.2. The number of nitrogens with zero attached hydrogens (tertiary/aromatic N) is 3. The van der Waals surface area contributed by atoms with E-state index in [1.165, 1.54) is 11.1 Å². The monoisotopic (exact) mass is 927 g/mol. The number of hydrogen-bond donors (Lipinski definition) is 1. The molecule has 2 heterocycles. The van der Waals surface area contributed by atoms with Crippen LogP contribution in [0.2, 0.25) is 0 Å². The van der Waals surface area contributed by atoms with Crippen LogP contribution in [-0.4, -0.2) is 19.6 Å². The molecule has 8 aromatic rings. The number of rotatable bonds is 5. The fourth-order valence-electron chi connectivity index (χ4n) is 7.53. The second kappa shape index (κ2) is 14.9. The van der Waals surface area contributed by atoms with Crippen LogP contribution in [0.15, 0.2) is 134 Å². The van der Waals surface area contributed by atoms with E-state index in [1.54, 1.807) is 6.07 Å². The molecule has 0 saturated heterocycles. The van der Waals surface area contributed by atoms with Crippen molar-refractivity contribution in [1.82, 2.24) is 14.5 Å². The summed E-state index contributed by atoms with van der Waals surface area (Å²) in [5.41, 5.74) is 13.9. The Labute approximate surface area is 352 Å². The maximum Gasteiger partial charge on any atom is 0.148 e. The number of aromatic nitrogens is 3. The summed E-state index contributed by atoms with van der Waals surface area (Å²) in [5, 5.41) is 12.7. The second-order valence-electron chi connectivity index (χ2n) is 18.1. The van der Waals surface area contributed by atoms with E-state index in [0.717, 1.165) is 66.6 Å². The fourth-order valence-corrected chi connectivity index (χ4v) is 7.53. The summed E-state index contributed by atoms with van der Waals surface area (Å²) in [7, 11) is 0. The molecule has 4 nitrogen and oxygen atoms in total. The van der Waals surface area contributed by atoms with Crippen molar-refractivity contribution in [3.63, 3.8) is 0 Å². The molecule has 0 atom stereocenters. The minimum atomic E-state index is -0.127. The van der Waals surface area contributed by atoms with Gasteiger partial charge in [0.15, 0.2) is 0 Å². The van der Waals surface area contributed by atoms with Gasteiger partial charge in [0, 0.05) is 38.5 Å². The van der Waals surface area contributed by atoms with E-state index in [2.05, 4.69) is 176 Å². The van der Waals surface area contributed by atoms with Crippen molar-refractivity contribution in [3.05, 3.63) is 156 Å². The van der Waals surface area contributed by atoms with E-state index in [0.29, 0.717) is 11.4 Å². The van der Waals surface area contributed by atoms with Crippen LogP contribution in [0.4, 0.5) is 0 Å². The maximum absolute atomic E-state index is 11.6. The third-order valence-corrected chi connectivity index (χ3v) is 10.9. The third-order valence-electron chi connectivity index (χ3n) is 10.9. The van der Waals surface area contributed by atoms with Gasteiger partial charge in [-0.05, 0) is 85.8 Å². The Bertz CT molecular complexity index is 2740. The van der Waals surface area contributed by atoms with Gasteiger partial charge in [-0.3, -0.25) is 9.55 Å². The molecular weight excluding hydrogens is 878 g/mol. The Morgan fingerprint density at radius 1 is 0.526 bits per heavy atom. The molecular formula is C52H50N3OPt-. The van der Waals surface area contributed by atoms with Gasteiger partial charge in [0.2, 0.25) is 0 Å². The summed E-state index contributed by atoms with van der Waals surface area (Å²) in [4.78, 5) is 10.4. The Balaban J connectivity index is 0.00000496. The van der Waals surface area contributed by atoms with E-state index >= 15 is 0 Å². The van der Waals surface area contributed by atoms with Crippen molar-refractivity contribution < 1.29 is 26.2 Å². The number of phenols is 1. The minimum absolute atomic E-state index is 0. The molecule has 0 aliphatic heterocycles. The third kappa shape index (κ3) is 7.73. The van der Waals surface area contributed by atoms with Gasteiger partial charge in [-0.25, -0.2) is 4.98 Å². The van der Waals surface area contributed by atoms with Crippen LogP contribution >= 0.6 is 0 Å². The SMILES string of the molecule is CC(C)(C)c1ccc(-n2c(-c3cc(C(C)(C)C)ccc3O)nc3c(-c4[c-]c(-c5cc(C(C)(C)C)cc6cccnc56)ccc4)cc(-c4ccccc4)cc32)cc1.[Pt]. The van der Waals surface area contributed by atoms with Gasteiger partial charge >= 0.3 is 0 Å². The van der Waals surface area contributed by atoms with Crippen LogP contribution in [0.3, 0.4) is 0 Å². The second-order valence-corrected chi connectivity index (χ2v) is 18.1. The van der Waals surface area contributed by atoms with Crippen molar-refractivity contribution in [2.24, 2.45) is 0 Å². The predicted molar refractivity (Wildman–Crippen MR) is 235 cm³/mol. The Morgan fingerprint density at radius 3 is 1.79 bits per heavy atom. The molecule has 0 unspecified atom stereocenters. The molecule has 8 rings (SSSR count). The smallest absolute Gasteiger partial charge is 0.148 e. The molecule has 0 amide bonds. The number of imidazole rings is 1. The Hall–Kier alpha value is -5.31. The van der Waals surface area contributed by atoms with Crippen molar-refractivity contribution in [1.29, 1.82) is 0 Å². The number of fused-ring (bicyclic) bond motifs is 2. The number of hydrogen-bond acceptors (Lipinski definition) is 3. The summed E-state index contributed by atoms with van der Waals surface area (Å²) >= 11 is 0. The summed E-state index contributed by atoms with van der Waals surface area (Å²) < 4.78 is 2.22. The summed E-state index contributed by atoms with van der Waals surface area (Å²) in [6, 6.07) is 48.6. The first-order valence-electron chi connectivity index (χ1n) is 19.6. The van der Waals surface area contributed by atoms with E-state index in [9.17, 15) is 5.11 Å². The Morgan fingerprint density at radius 2 is 1.14 bits per heavy atom. The van der Waals surface area contributed by atoms with Crippen molar-refractivity contribution in [2.75, 3.05) is 0 Å². The van der Waals surface area contributed by atoms with Crippen LogP contribution in [0.5, 0.6) is 5.75 Å². The minimum Gasteiger partial charge on any atom is -0.507 e. The zero-order valence-electron chi connectivity index (χ0n) is 34.3. The summed E-state index contributed by atoms with van der Waals surface area (Å²) in [6.45, 7) is 20.0. The van der Waals surface area contributed by atoms with E-state index in [1.807, 2.05) is 24.4 Å². The molecule has 5 heteroatoms. The molecule has 0 fully saturated rings. The van der Waals surface area contributed by atoms with E-state index in [-0.39, 0.29) is 43.1 Å². The molecule has 57 heavy (non-hydrogen) atoms. The average molecular weight is 928 g/mol. The van der Waals surface area contributed by atoms with Gasteiger partial charge in [-0.2, -0.15) is 0 Å². The molecule has 6 aromatic carbocycles. The first-order chi connectivity index (χ1) is 26.6. The van der Waals surface area contributed by atoms with Crippen molar-refractivity contribution in [3.8, 4) is 56.2 Å². The Kier molecular flexibility index (Phi) is 10.4. The summed E-state index contributed by atoms with van der Waals surface area (Å²) in [5.74, 6) is 0.875. The standard InChI is InChI=1S/C52H50N3O.Pt/c1-50(2,3)38-20-23-41(24-21-38)55-45-30-37(33-15-11-10-12-16-33)29-42(48(45)54-49(55)44-31-39(51(4,5)6)22-25-46(44)56)34-17-13-18-35(27-34)43-32-40(52(7,8)9)28-36-19-14-26-53-47(36)43;/h10-26,28-32,56H,1-9H3;/q-1;. The number of benzene rings is 6. The number of aromatic hydroxyl groups is 1. The van der Waals surface area contributed by atoms with Crippen molar-refractivity contribution in [2.45, 2.75) is 78.6 Å². The molecule has 0 radical (unpaired) electrons. The zero-order chi connectivity index (χ0) is 39.6. The van der Waals surface area contributed by atoms with Crippen molar-refractivity contribution >= 4 is 21.9 Å². The van der Waals surface area contributed by atoms with Crippen LogP contribution in [0.25, 0.3) is 72.4 Å². The molecule has 1 N–H and O–H groups in total. The van der Waals surface area contributed by atoms with Gasteiger partial charge in [0.25, 0.3) is 0 Å². The molecule has 290 valence electrons. The molecule has 2 aromatic heterocycles. The van der Waals surface area contributed by atoms with E-state index < -0.39 is 0 Å². The molecule has 0 saturated carbocycles. The number of pyridine rings is 1. The maximum atomic E-state index is 11.6. The van der Waals surface area contributed by atoms with Gasteiger partial charge in [-0.15, -0.1) is 35.4 Å². The molecule has 0 spiro atoms. The average Bonchev–Trinajstić information content (AvgIpc) is 3.56. The molecule has 0 aliphatic rings. The topological polar surface area (TPSA) is 50.9 Å². The van der Waals surface area contributed by atoms with Gasteiger partial charge in [0.1, 0.15) is 11.6 Å².